The molecule has 4 aromatic rings. The molecule has 172 valence electrons. The van der Waals surface area contributed by atoms with Gasteiger partial charge in [0.25, 0.3) is 15.9 Å². The normalized spacial score (nSPS) is 11.9. The Kier molecular flexibility index (Phi) is 6.89. The number of pyridine rings is 1. The molecule has 3 aromatic carbocycles. The SMILES string of the molecule is CC(Oc1ccc(-c2ccccc2)cc1)C(=O)Nc1ccc(S(=O)(=O)Nc2ccccn2)cc1. The molecule has 0 saturated heterocycles. The number of ether oxygens (including phenoxy) is 1. The van der Waals surface area contributed by atoms with Crippen molar-refractivity contribution in [2.45, 2.75) is 17.9 Å². The Morgan fingerprint density at radius 2 is 1.47 bits per heavy atom. The highest BCUT2D eigenvalue weighted by molar-refractivity contribution is 7.92. The van der Waals surface area contributed by atoms with Crippen LogP contribution in [-0.4, -0.2) is 25.4 Å². The second-order valence-electron chi connectivity index (χ2n) is 7.48. The van der Waals surface area contributed by atoms with E-state index >= 15 is 0 Å². The molecule has 0 spiro atoms. The quantitative estimate of drug-likeness (QED) is 0.377. The van der Waals surface area contributed by atoms with Crippen LogP contribution in [0, 0.1) is 0 Å². The molecular weight excluding hydrogens is 450 g/mol. The molecule has 4 rings (SSSR count). The van der Waals surface area contributed by atoms with E-state index in [0.29, 0.717) is 11.4 Å². The molecule has 0 aliphatic rings. The summed E-state index contributed by atoms with van der Waals surface area (Å²) in [6, 6.07) is 28.3. The van der Waals surface area contributed by atoms with Crippen molar-refractivity contribution in [2.24, 2.45) is 0 Å². The predicted octanol–water partition coefficient (Wildman–Crippen LogP) is 4.96. The van der Waals surface area contributed by atoms with Gasteiger partial charge in [-0.2, -0.15) is 0 Å². The third-order valence-electron chi connectivity index (χ3n) is 4.98. The van der Waals surface area contributed by atoms with Gasteiger partial charge in [-0.15, -0.1) is 0 Å². The smallest absolute Gasteiger partial charge is 0.265 e. The van der Waals surface area contributed by atoms with E-state index in [4.69, 9.17) is 4.74 Å². The van der Waals surface area contributed by atoms with E-state index in [1.165, 1.54) is 30.5 Å². The molecule has 0 aliphatic heterocycles. The molecule has 0 bridgehead atoms. The summed E-state index contributed by atoms with van der Waals surface area (Å²) in [6.07, 6.45) is 0.744. The molecule has 34 heavy (non-hydrogen) atoms. The minimum atomic E-state index is -3.79. The fraction of sp³-hybridized carbons (Fsp3) is 0.0769. The minimum Gasteiger partial charge on any atom is -0.481 e. The van der Waals surface area contributed by atoms with Gasteiger partial charge >= 0.3 is 0 Å². The zero-order valence-electron chi connectivity index (χ0n) is 18.4. The number of sulfonamides is 1. The Morgan fingerprint density at radius 3 is 2.12 bits per heavy atom. The largest absolute Gasteiger partial charge is 0.481 e. The molecule has 1 atom stereocenters. The number of carbonyl (C=O) groups excluding carboxylic acids is 1. The van der Waals surface area contributed by atoms with E-state index in [2.05, 4.69) is 15.0 Å². The molecule has 1 amide bonds. The lowest BCUT2D eigenvalue weighted by atomic mass is 10.1. The van der Waals surface area contributed by atoms with Gasteiger partial charge in [-0.3, -0.25) is 9.52 Å². The Balaban J connectivity index is 1.35. The number of benzene rings is 3. The van der Waals surface area contributed by atoms with Crippen LogP contribution in [0.15, 0.2) is 108 Å². The summed E-state index contributed by atoms with van der Waals surface area (Å²) in [6.45, 7) is 1.65. The lowest BCUT2D eigenvalue weighted by Gasteiger charge is -2.15. The second-order valence-corrected chi connectivity index (χ2v) is 9.17. The maximum Gasteiger partial charge on any atom is 0.265 e. The molecule has 1 aromatic heterocycles. The third kappa shape index (κ3) is 5.79. The average Bonchev–Trinajstić information content (AvgIpc) is 2.86. The monoisotopic (exact) mass is 473 g/mol. The summed E-state index contributed by atoms with van der Waals surface area (Å²) in [5, 5.41) is 2.74. The third-order valence-corrected chi connectivity index (χ3v) is 6.35. The number of rotatable bonds is 8. The summed E-state index contributed by atoms with van der Waals surface area (Å²) in [4.78, 5) is 16.6. The molecular formula is C26H23N3O4S. The van der Waals surface area contributed by atoms with Crippen molar-refractivity contribution in [3.63, 3.8) is 0 Å². The highest BCUT2D eigenvalue weighted by atomic mass is 32.2. The Morgan fingerprint density at radius 1 is 0.824 bits per heavy atom. The standard InChI is InChI=1S/C26H23N3O4S/c1-19(33-23-14-10-21(11-15-23)20-7-3-2-4-8-20)26(30)28-22-12-16-24(17-13-22)34(31,32)29-25-9-5-6-18-27-25/h2-19H,1H3,(H,27,29)(H,28,30). The average molecular weight is 474 g/mol. The Hall–Kier alpha value is -4.17. The van der Waals surface area contributed by atoms with Gasteiger partial charge in [0.2, 0.25) is 0 Å². The topological polar surface area (TPSA) is 97.4 Å². The fourth-order valence-electron chi connectivity index (χ4n) is 3.20. The number of aromatic nitrogens is 1. The minimum absolute atomic E-state index is 0.0546. The van der Waals surface area contributed by atoms with E-state index in [-0.39, 0.29) is 16.6 Å². The molecule has 8 heteroatoms. The van der Waals surface area contributed by atoms with Gasteiger partial charge in [-0.05, 0) is 66.6 Å². The van der Waals surface area contributed by atoms with Crippen molar-refractivity contribution < 1.29 is 17.9 Å². The van der Waals surface area contributed by atoms with Gasteiger partial charge in [0.15, 0.2) is 6.10 Å². The molecule has 1 heterocycles. The van der Waals surface area contributed by atoms with E-state index in [1.807, 2.05) is 54.6 Å². The zero-order chi connectivity index (χ0) is 24.0. The van der Waals surface area contributed by atoms with E-state index in [1.54, 1.807) is 25.1 Å². The molecule has 0 fully saturated rings. The summed E-state index contributed by atoms with van der Waals surface area (Å²) in [5.74, 6) is 0.446. The van der Waals surface area contributed by atoms with Crippen LogP contribution in [0.3, 0.4) is 0 Å². The van der Waals surface area contributed by atoms with E-state index < -0.39 is 16.1 Å². The van der Waals surface area contributed by atoms with Crippen LogP contribution >= 0.6 is 0 Å². The van der Waals surface area contributed by atoms with Crippen LogP contribution in [0.2, 0.25) is 0 Å². The van der Waals surface area contributed by atoms with Crippen molar-refractivity contribution in [2.75, 3.05) is 10.0 Å². The van der Waals surface area contributed by atoms with Gasteiger partial charge < -0.3 is 10.1 Å². The van der Waals surface area contributed by atoms with Crippen molar-refractivity contribution in [1.82, 2.24) is 4.98 Å². The number of hydrogen-bond donors (Lipinski definition) is 2. The van der Waals surface area contributed by atoms with E-state index in [9.17, 15) is 13.2 Å². The molecule has 0 aliphatic carbocycles. The van der Waals surface area contributed by atoms with Crippen LogP contribution in [-0.2, 0) is 14.8 Å². The first-order valence-electron chi connectivity index (χ1n) is 10.6. The second kappa shape index (κ2) is 10.2. The zero-order valence-corrected chi connectivity index (χ0v) is 19.2. The lowest BCUT2D eigenvalue weighted by Crippen LogP contribution is -2.30. The Bertz CT molecular complexity index is 1340. The molecule has 0 saturated carbocycles. The fourth-order valence-corrected chi connectivity index (χ4v) is 4.20. The first-order valence-corrected chi connectivity index (χ1v) is 12.1. The van der Waals surface area contributed by atoms with Gasteiger partial charge in [0.05, 0.1) is 4.90 Å². The highest BCUT2D eigenvalue weighted by Gasteiger charge is 2.17. The number of anilines is 2. The number of amides is 1. The summed E-state index contributed by atoms with van der Waals surface area (Å²) in [7, 11) is -3.79. The summed E-state index contributed by atoms with van der Waals surface area (Å²) >= 11 is 0. The number of hydrogen-bond acceptors (Lipinski definition) is 5. The predicted molar refractivity (Wildman–Crippen MR) is 132 cm³/mol. The maximum atomic E-state index is 12.6. The van der Waals surface area contributed by atoms with Crippen LogP contribution in [0.5, 0.6) is 5.75 Å². The molecule has 1 unspecified atom stereocenters. The molecule has 0 radical (unpaired) electrons. The first kappa shape index (κ1) is 23.0. The lowest BCUT2D eigenvalue weighted by molar-refractivity contribution is -0.122. The van der Waals surface area contributed by atoms with Gasteiger partial charge in [0, 0.05) is 11.9 Å². The van der Waals surface area contributed by atoms with Crippen molar-refractivity contribution in [1.29, 1.82) is 0 Å². The van der Waals surface area contributed by atoms with Crippen LogP contribution < -0.4 is 14.8 Å². The van der Waals surface area contributed by atoms with Crippen LogP contribution in [0.1, 0.15) is 6.92 Å². The van der Waals surface area contributed by atoms with E-state index in [0.717, 1.165) is 11.1 Å². The van der Waals surface area contributed by atoms with Crippen LogP contribution in [0.25, 0.3) is 11.1 Å². The number of nitrogens with zero attached hydrogens (tertiary/aromatic N) is 1. The van der Waals surface area contributed by atoms with Crippen LogP contribution in [0.4, 0.5) is 11.5 Å². The summed E-state index contributed by atoms with van der Waals surface area (Å²) < 4.78 is 33.2. The maximum absolute atomic E-state index is 12.6. The van der Waals surface area contributed by atoms with Gasteiger partial charge in [-0.25, -0.2) is 13.4 Å². The number of carbonyl (C=O) groups is 1. The van der Waals surface area contributed by atoms with Gasteiger partial charge in [-0.1, -0.05) is 48.5 Å². The van der Waals surface area contributed by atoms with Crippen molar-refractivity contribution >= 4 is 27.4 Å². The Labute approximate surface area is 198 Å². The first-order chi connectivity index (χ1) is 16.4. The molecule has 7 nitrogen and oxygen atoms in total. The van der Waals surface area contributed by atoms with Gasteiger partial charge in [0.1, 0.15) is 11.6 Å². The van der Waals surface area contributed by atoms with Crippen molar-refractivity contribution in [3.8, 4) is 16.9 Å². The van der Waals surface area contributed by atoms with Crippen molar-refractivity contribution in [3.05, 3.63) is 103 Å². The highest BCUT2D eigenvalue weighted by Crippen LogP contribution is 2.23. The number of nitrogens with one attached hydrogen (secondary N) is 2. The molecule has 2 N–H and O–H groups in total. The summed E-state index contributed by atoms with van der Waals surface area (Å²) in [5.41, 5.74) is 2.61.